The summed E-state index contributed by atoms with van der Waals surface area (Å²) in [6.45, 7) is 11.1. The predicted molar refractivity (Wildman–Crippen MR) is 101 cm³/mol. The SMILES string of the molecule is CC1(C)OB(c2cc(CS(=O)(=O)F)cc(N3CCNCC3)c2)OC1(C)C. The van der Waals surface area contributed by atoms with E-state index in [0.29, 0.717) is 11.0 Å². The van der Waals surface area contributed by atoms with E-state index < -0.39 is 34.3 Å². The number of nitrogens with one attached hydrogen (secondary N) is 1. The Kier molecular flexibility index (Phi) is 5.11. The van der Waals surface area contributed by atoms with E-state index in [9.17, 15) is 12.3 Å². The van der Waals surface area contributed by atoms with Crippen molar-refractivity contribution >= 4 is 28.5 Å². The van der Waals surface area contributed by atoms with Gasteiger partial charge in [-0.1, -0.05) is 6.07 Å². The van der Waals surface area contributed by atoms with Crippen molar-refractivity contribution in [3.05, 3.63) is 23.8 Å². The van der Waals surface area contributed by atoms with Crippen LogP contribution >= 0.6 is 0 Å². The molecule has 2 aliphatic heterocycles. The zero-order chi connectivity index (χ0) is 19.2. The van der Waals surface area contributed by atoms with Crippen LogP contribution in [-0.2, 0) is 25.3 Å². The molecular formula is C17H26BFN2O4S. The van der Waals surface area contributed by atoms with Gasteiger partial charge in [0.05, 0.1) is 11.2 Å². The first-order valence-electron chi connectivity index (χ1n) is 8.84. The second-order valence-electron chi connectivity index (χ2n) is 7.94. The second-order valence-corrected chi connectivity index (χ2v) is 9.31. The molecule has 2 fully saturated rings. The van der Waals surface area contributed by atoms with E-state index in [4.69, 9.17) is 9.31 Å². The van der Waals surface area contributed by atoms with Crippen LogP contribution in [0.15, 0.2) is 18.2 Å². The fraction of sp³-hybridized carbons (Fsp3) is 0.647. The Hall–Kier alpha value is -1.16. The Bertz CT molecular complexity index is 763. The number of hydrogen-bond donors (Lipinski definition) is 1. The summed E-state index contributed by atoms with van der Waals surface area (Å²) in [5, 5.41) is 3.28. The second kappa shape index (κ2) is 6.78. The lowest BCUT2D eigenvalue weighted by molar-refractivity contribution is 0.00578. The van der Waals surface area contributed by atoms with E-state index >= 15 is 0 Å². The van der Waals surface area contributed by atoms with Gasteiger partial charge in [-0.05, 0) is 50.9 Å². The zero-order valence-corrected chi connectivity index (χ0v) is 16.5. The van der Waals surface area contributed by atoms with Gasteiger partial charge >= 0.3 is 17.3 Å². The van der Waals surface area contributed by atoms with Crippen LogP contribution in [0.4, 0.5) is 9.57 Å². The summed E-state index contributed by atoms with van der Waals surface area (Å²) in [6.07, 6.45) is 0. The molecule has 26 heavy (non-hydrogen) atoms. The molecule has 0 radical (unpaired) electrons. The largest absolute Gasteiger partial charge is 0.494 e. The first kappa shape index (κ1) is 19.6. The maximum atomic E-state index is 13.3. The average molecular weight is 384 g/mol. The third kappa shape index (κ3) is 4.22. The van der Waals surface area contributed by atoms with E-state index in [1.54, 1.807) is 12.1 Å². The lowest BCUT2D eigenvalue weighted by Crippen LogP contribution is -2.44. The minimum absolute atomic E-state index is 0.397. The summed E-state index contributed by atoms with van der Waals surface area (Å²) >= 11 is 0. The van der Waals surface area contributed by atoms with Crippen molar-refractivity contribution in [3.8, 4) is 0 Å². The van der Waals surface area contributed by atoms with Crippen LogP contribution < -0.4 is 15.7 Å². The van der Waals surface area contributed by atoms with Crippen molar-refractivity contribution in [3.63, 3.8) is 0 Å². The van der Waals surface area contributed by atoms with Gasteiger partial charge in [0.2, 0.25) is 0 Å². The first-order valence-corrected chi connectivity index (χ1v) is 10.4. The van der Waals surface area contributed by atoms with Crippen LogP contribution in [-0.4, -0.2) is 52.9 Å². The summed E-state index contributed by atoms with van der Waals surface area (Å²) < 4.78 is 47.8. The molecule has 0 spiro atoms. The minimum atomic E-state index is -4.62. The third-order valence-electron chi connectivity index (χ3n) is 5.35. The predicted octanol–water partition coefficient (Wildman–Crippen LogP) is 1.19. The van der Waals surface area contributed by atoms with E-state index in [-0.39, 0.29) is 0 Å². The van der Waals surface area contributed by atoms with Crippen molar-refractivity contribution in [1.82, 2.24) is 5.32 Å². The Labute approximate surface area is 155 Å². The highest BCUT2D eigenvalue weighted by molar-refractivity contribution is 7.85. The van der Waals surface area contributed by atoms with E-state index in [0.717, 1.165) is 31.9 Å². The maximum Gasteiger partial charge on any atom is 0.494 e. The van der Waals surface area contributed by atoms with Crippen LogP contribution in [0.5, 0.6) is 0 Å². The molecule has 0 saturated carbocycles. The van der Waals surface area contributed by atoms with E-state index in [1.165, 1.54) is 0 Å². The minimum Gasteiger partial charge on any atom is -0.399 e. The monoisotopic (exact) mass is 384 g/mol. The molecule has 144 valence electrons. The van der Waals surface area contributed by atoms with Gasteiger partial charge in [-0.25, -0.2) is 0 Å². The summed E-state index contributed by atoms with van der Waals surface area (Å²) in [6, 6.07) is 5.34. The molecule has 9 heteroatoms. The lowest BCUT2D eigenvalue weighted by atomic mass is 9.78. The highest BCUT2D eigenvalue weighted by atomic mass is 32.3. The first-order chi connectivity index (χ1) is 12.0. The highest BCUT2D eigenvalue weighted by Gasteiger charge is 2.51. The molecule has 0 bridgehead atoms. The van der Waals surface area contributed by atoms with Gasteiger partial charge in [0.25, 0.3) is 0 Å². The van der Waals surface area contributed by atoms with Crippen LogP contribution in [0.2, 0.25) is 0 Å². The molecule has 0 aromatic heterocycles. The fourth-order valence-corrected chi connectivity index (χ4v) is 3.77. The molecule has 2 aliphatic rings. The summed E-state index contributed by atoms with van der Waals surface area (Å²) in [7, 11) is -5.24. The molecule has 0 unspecified atom stereocenters. The molecular weight excluding hydrogens is 358 g/mol. The number of hydrogen-bond acceptors (Lipinski definition) is 6. The number of halogens is 1. The topological polar surface area (TPSA) is 67.9 Å². The van der Waals surface area contributed by atoms with Gasteiger partial charge in [-0.2, -0.15) is 8.42 Å². The Morgan fingerprint density at radius 2 is 1.69 bits per heavy atom. The molecule has 3 rings (SSSR count). The van der Waals surface area contributed by atoms with E-state index in [2.05, 4.69) is 10.2 Å². The molecule has 6 nitrogen and oxygen atoms in total. The van der Waals surface area contributed by atoms with Gasteiger partial charge in [0.1, 0.15) is 5.75 Å². The summed E-state index contributed by atoms with van der Waals surface area (Å²) in [5.74, 6) is -0.653. The third-order valence-corrected chi connectivity index (χ3v) is 6.02. The Balaban J connectivity index is 1.97. The standard InChI is InChI=1S/C17H26BFN2O4S/c1-16(2)17(3,4)25-18(24-16)14-9-13(12-26(19,22)23)10-15(11-14)21-7-5-20-6-8-21/h9-11,20H,5-8,12H2,1-4H3. The number of anilines is 1. The Morgan fingerprint density at radius 3 is 2.23 bits per heavy atom. The van der Waals surface area contributed by atoms with Gasteiger partial charge in [-0.3, -0.25) is 0 Å². The molecule has 1 N–H and O–H groups in total. The molecule has 1 aromatic rings. The van der Waals surface area contributed by atoms with E-state index in [1.807, 2.05) is 33.8 Å². The maximum absolute atomic E-state index is 13.3. The van der Waals surface area contributed by atoms with Crippen LogP contribution in [0.1, 0.15) is 33.3 Å². The molecule has 0 amide bonds. The molecule has 2 heterocycles. The van der Waals surface area contributed by atoms with Crippen LogP contribution in [0, 0.1) is 0 Å². The fourth-order valence-electron chi connectivity index (χ4n) is 3.20. The van der Waals surface area contributed by atoms with Gasteiger partial charge in [-0.15, -0.1) is 3.89 Å². The van der Waals surface area contributed by atoms with Crippen molar-refractivity contribution < 1.29 is 21.6 Å². The smallest absolute Gasteiger partial charge is 0.399 e. The number of piperazine rings is 1. The average Bonchev–Trinajstić information content (AvgIpc) is 2.74. The Morgan fingerprint density at radius 1 is 1.12 bits per heavy atom. The number of benzene rings is 1. The normalized spacial score (nSPS) is 22.7. The lowest BCUT2D eigenvalue weighted by Gasteiger charge is -2.32. The molecule has 0 aliphatic carbocycles. The van der Waals surface area contributed by atoms with Gasteiger partial charge in [0.15, 0.2) is 0 Å². The number of rotatable bonds is 4. The summed E-state index contributed by atoms with van der Waals surface area (Å²) in [4.78, 5) is 2.15. The van der Waals surface area contributed by atoms with Crippen molar-refractivity contribution in [2.75, 3.05) is 31.1 Å². The van der Waals surface area contributed by atoms with Crippen LogP contribution in [0.3, 0.4) is 0 Å². The molecule has 2 saturated heterocycles. The highest BCUT2D eigenvalue weighted by Crippen LogP contribution is 2.36. The van der Waals surface area contributed by atoms with Gasteiger partial charge < -0.3 is 19.5 Å². The summed E-state index contributed by atoms with van der Waals surface area (Å²) in [5.41, 5.74) is 0.952. The quantitative estimate of drug-likeness (QED) is 0.622. The zero-order valence-electron chi connectivity index (χ0n) is 15.7. The molecule has 0 atom stereocenters. The molecule has 1 aromatic carbocycles. The van der Waals surface area contributed by atoms with Crippen molar-refractivity contribution in [2.24, 2.45) is 0 Å². The van der Waals surface area contributed by atoms with Crippen molar-refractivity contribution in [1.29, 1.82) is 0 Å². The van der Waals surface area contributed by atoms with Crippen molar-refractivity contribution in [2.45, 2.75) is 44.6 Å². The van der Waals surface area contributed by atoms with Crippen LogP contribution in [0.25, 0.3) is 0 Å². The number of nitrogens with zero attached hydrogens (tertiary/aromatic N) is 1. The van der Waals surface area contributed by atoms with Gasteiger partial charge in [0, 0.05) is 31.9 Å².